The number of phenolic OH excluding ortho intramolecular Hbond substituents is 3. The Hall–Kier alpha value is -2.94. The highest BCUT2D eigenvalue weighted by molar-refractivity contribution is 6.29. The van der Waals surface area contributed by atoms with Gasteiger partial charge in [-0.25, -0.2) is 0 Å². The summed E-state index contributed by atoms with van der Waals surface area (Å²) in [5.74, 6) is -0.222. The fourth-order valence-electron chi connectivity index (χ4n) is 3.71. The maximum atomic E-state index is 10.8. The molecule has 3 nitrogen and oxygen atoms in total. The first-order valence-corrected chi connectivity index (χ1v) is 7.91. The standard InChI is InChI=1S/C21H18O3/c1-10-11(2)17-14-7-5-4-6-13(14)15-8-9-16(22)21(24)18(15)19(17)20(23)12(10)3/h4-9,22-24H,1-3H3. The van der Waals surface area contributed by atoms with E-state index in [4.69, 9.17) is 0 Å². The molecule has 3 heteroatoms. The molecule has 0 amide bonds. The summed E-state index contributed by atoms with van der Waals surface area (Å²) in [6.07, 6.45) is 0. The molecular formula is C21H18O3. The Balaban J connectivity index is 2.53. The molecule has 0 atom stereocenters. The van der Waals surface area contributed by atoms with Crippen molar-refractivity contribution in [3.8, 4) is 17.2 Å². The molecule has 4 aromatic rings. The largest absolute Gasteiger partial charge is 0.507 e. The van der Waals surface area contributed by atoms with Gasteiger partial charge in [0.2, 0.25) is 0 Å². The van der Waals surface area contributed by atoms with Crippen molar-refractivity contribution >= 4 is 32.3 Å². The van der Waals surface area contributed by atoms with E-state index in [1.54, 1.807) is 6.07 Å². The molecule has 0 heterocycles. The van der Waals surface area contributed by atoms with Crippen molar-refractivity contribution in [1.29, 1.82) is 0 Å². The summed E-state index contributed by atoms with van der Waals surface area (Å²) in [6.45, 7) is 5.89. The van der Waals surface area contributed by atoms with Gasteiger partial charge in [-0.1, -0.05) is 24.3 Å². The summed E-state index contributed by atoms with van der Waals surface area (Å²) >= 11 is 0. The van der Waals surface area contributed by atoms with Gasteiger partial charge in [0.1, 0.15) is 5.75 Å². The van der Waals surface area contributed by atoms with Crippen LogP contribution in [0.4, 0.5) is 0 Å². The Labute approximate surface area is 139 Å². The number of fused-ring (bicyclic) bond motifs is 6. The molecular weight excluding hydrogens is 300 g/mol. The van der Waals surface area contributed by atoms with Crippen LogP contribution in [0.5, 0.6) is 17.2 Å². The molecule has 0 aliphatic carbocycles. The number of rotatable bonds is 0. The van der Waals surface area contributed by atoms with Crippen molar-refractivity contribution in [3.63, 3.8) is 0 Å². The lowest BCUT2D eigenvalue weighted by Gasteiger charge is -2.18. The van der Waals surface area contributed by atoms with E-state index in [0.717, 1.165) is 38.2 Å². The Morgan fingerprint density at radius 1 is 0.542 bits per heavy atom. The predicted molar refractivity (Wildman–Crippen MR) is 98.2 cm³/mol. The molecule has 0 saturated heterocycles. The molecule has 0 aliphatic rings. The highest BCUT2D eigenvalue weighted by Crippen LogP contribution is 2.48. The van der Waals surface area contributed by atoms with Gasteiger partial charge in [0.15, 0.2) is 11.5 Å². The Morgan fingerprint density at radius 2 is 1.17 bits per heavy atom. The third-order valence-electron chi connectivity index (χ3n) is 5.24. The zero-order valence-electron chi connectivity index (χ0n) is 13.8. The van der Waals surface area contributed by atoms with Crippen LogP contribution in [0.15, 0.2) is 36.4 Å². The lowest BCUT2D eigenvalue weighted by atomic mass is 9.87. The second-order valence-corrected chi connectivity index (χ2v) is 6.38. The second-order valence-electron chi connectivity index (χ2n) is 6.38. The minimum Gasteiger partial charge on any atom is -0.507 e. The maximum Gasteiger partial charge on any atom is 0.166 e. The second kappa shape index (κ2) is 4.78. The van der Waals surface area contributed by atoms with Gasteiger partial charge in [-0.2, -0.15) is 0 Å². The third-order valence-corrected chi connectivity index (χ3v) is 5.24. The number of aromatic hydroxyl groups is 3. The van der Waals surface area contributed by atoms with Gasteiger partial charge < -0.3 is 15.3 Å². The summed E-state index contributed by atoms with van der Waals surface area (Å²) in [5, 5.41) is 36.2. The molecule has 0 unspecified atom stereocenters. The van der Waals surface area contributed by atoms with Gasteiger partial charge in [0.25, 0.3) is 0 Å². The molecule has 0 bridgehead atoms. The normalized spacial score (nSPS) is 11.6. The average molecular weight is 318 g/mol. The molecule has 0 aliphatic heterocycles. The van der Waals surface area contributed by atoms with Crippen molar-refractivity contribution in [2.75, 3.05) is 0 Å². The first-order valence-electron chi connectivity index (χ1n) is 7.91. The van der Waals surface area contributed by atoms with Crippen LogP contribution >= 0.6 is 0 Å². The van der Waals surface area contributed by atoms with Gasteiger partial charge in [-0.3, -0.25) is 0 Å². The van der Waals surface area contributed by atoms with Crippen molar-refractivity contribution in [1.82, 2.24) is 0 Å². The van der Waals surface area contributed by atoms with E-state index < -0.39 is 0 Å². The van der Waals surface area contributed by atoms with E-state index in [0.29, 0.717) is 10.8 Å². The number of aryl methyl sites for hydroxylation is 1. The summed E-state index contributed by atoms with van der Waals surface area (Å²) in [5.41, 5.74) is 2.89. The zero-order valence-corrected chi connectivity index (χ0v) is 13.8. The molecule has 120 valence electrons. The summed E-state index contributed by atoms with van der Waals surface area (Å²) in [7, 11) is 0. The predicted octanol–water partition coefficient (Wildman–Crippen LogP) is 5.19. The highest BCUT2D eigenvalue weighted by Gasteiger charge is 2.20. The van der Waals surface area contributed by atoms with Gasteiger partial charge in [-0.15, -0.1) is 0 Å². The summed E-state index contributed by atoms with van der Waals surface area (Å²) in [6, 6.07) is 11.2. The Morgan fingerprint density at radius 3 is 1.88 bits per heavy atom. The topological polar surface area (TPSA) is 60.7 Å². The van der Waals surface area contributed by atoms with Crippen molar-refractivity contribution in [2.24, 2.45) is 0 Å². The summed E-state index contributed by atoms with van der Waals surface area (Å²) in [4.78, 5) is 0. The van der Waals surface area contributed by atoms with Crippen LogP contribution in [0.3, 0.4) is 0 Å². The molecule has 0 radical (unpaired) electrons. The molecule has 0 spiro atoms. The van der Waals surface area contributed by atoms with Crippen molar-refractivity contribution < 1.29 is 15.3 Å². The summed E-state index contributed by atoms with van der Waals surface area (Å²) < 4.78 is 0. The molecule has 0 fully saturated rings. The number of phenols is 3. The van der Waals surface area contributed by atoms with Crippen LogP contribution in [0, 0.1) is 20.8 Å². The first-order chi connectivity index (χ1) is 11.4. The van der Waals surface area contributed by atoms with E-state index >= 15 is 0 Å². The molecule has 3 N–H and O–H groups in total. The highest BCUT2D eigenvalue weighted by atomic mass is 16.3. The SMILES string of the molecule is Cc1c(C)c(O)c2c(c1C)c1ccccc1c1ccc(O)c(O)c12. The number of hydrogen-bond donors (Lipinski definition) is 3. The van der Waals surface area contributed by atoms with Gasteiger partial charge >= 0.3 is 0 Å². The van der Waals surface area contributed by atoms with Gasteiger partial charge in [-0.05, 0) is 71.1 Å². The monoisotopic (exact) mass is 318 g/mol. The average Bonchev–Trinajstić information content (AvgIpc) is 2.59. The van der Waals surface area contributed by atoms with Crippen LogP contribution in [-0.4, -0.2) is 15.3 Å². The van der Waals surface area contributed by atoms with Crippen molar-refractivity contribution in [3.05, 3.63) is 53.1 Å². The van der Waals surface area contributed by atoms with Crippen LogP contribution in [0.2, 0.25) is 0 Å². The minimum atomic E-state index is -0.193. The van der Waals surface area contributed by atoms with Crippen LogP contribution in [-0.2, 0) is 0 Å². The maximum absolute atomic E-state index is 10.8. The third kappa shape index (κ3) is 1.67. The van der Waals surface area contributed by atoms with E-state index in [1.807, 2.05) is 45.0 Å². The number of hydrogen-bond acceptors (Lipinski definition) is 3. The van der Waals surface area contributed by atoms with E-state index in [1.165, 1.54) is 6.07 Å². The van der Waals surface area contributed by atoms with E-state index in [2.05, 4.69) is 0 Å². The van der Waals surface area contributed by atoms with Crippen LogP contribution in [0.25, 0.3) is 32.3 Å². The van der Waals surface area contributed by atoms with Crippen LogP contribution in [0.1, 0.15) is 16.7 Å². The molecule has 0 saturated carbocycles. The minimum absolute atomic E-state index is 0.157. The zero-order chi connectivity index (χ0) is 17.2. The Kier molecular flexibility index (Phi) is 2.91. The molecule has 4 aromatic carbocycles. The van der Waals surface area contributed by atoms with Crippen molar-refractivity contribution in [2.45, 2.75) is 20.8 Å². The first kappa shape index (κ1) is 14.6. The fourth-order valence-corrected chi connectivity index (χ4v) is 3.71. The quantitative estimate of drug-likeness (QED) is 0.309. The van der Waals surface area contributed by atoms with E-state index in [-0.39, 0.29) is 17.2 Å². The number of benzene rings is 4. The fraction of sp³-hybridized carbons (Fsp3) is 0.143. The van der Waals surface area contributed by atoms with Crippen LogP contribution < -0.4 is 0 Å². The smallest absolute Gasteiger partial charge is 0.166 e. The van der Waals surface area contributed by atoms with Gasteiger partial charge in [0.05, 0.1) is 0 Å². The lowest BCUT2D eigenvalue weighted by molar-refractivity contribution is 0.408. The molecule has 0 aromatic heterocycles. The van der Waals surface area contributed by atoms with Gasteiger partial charge in [0, 0.05) is 10.8 Å². The Bertz CT molecular complexity index is 1140. The lowest BCUT2D eigenvalue weighted by Crippen LogP contribution is -1.93. The molecule has 24 heavy (non-hydrogen) atoms. The molecule has 4 rings (SSSR count). The van der Waals surface area contributed by atoms with E-state index in [9.17, 15) is 15.3 Å².